The van der Waals surface area contributed by atoms with Crippen LogP contribution >= 0.6 is 0 Å². The summed E-state index contributed by atoms with van der Waals surface area (Å²) in [5, 5.41) is 17.7. The summed E-state index contributed by atoms with van der Waals surface area (Å²) in [5.41, 5.74) is -0.0779. The summed E-state index contributed by atoms with van der Waals surface area (Å²) in [6.07, 6.45) is 1.68. The van der Waals surface area contributed by atoms with E-state index in [1.54, 1.807) is 13.0 Å². The molecule has 0 fully saturated rings. The number of rotatable bonds is 8. The molecule has 0 bridgehead atoms. The summed E-state index contributed by atoms with van der Waals surface area (Å²) in [6.45, 7) is 1.76. The van der Waals surface area contributed by atoms with E-state index in [2.05, 4.69) is 0 Å². The first kappa shape index (κ1) is 16.7. The normalized spacial score (nSPS) is 11.7. The quantitative estimate of drug-likeness (QED) is 0.564. The molecule has 0 heterocycles. The molecule has 1 atom stereocenters. The van der Waals surface area contributed by atoms with Gasteiger partial charge in [-0.25, -0.2) is 9.59 Å². The first-order valence-corrected chi connectivity index (χ1v) is 6.65. The van der Waals surface area contributed by atoms with E-state index in [4.69, 9.17) is 14.9 Å². The standard InChI is InChI=1S/C15H18O6/c1-10(13(16)17)6-4-5-9-21-15(20)12-8-3-2-7-11(12)14(18)19/h2-3,7-8,10H,4-6,9H2,1H3,(H,16,17)(H,18,19). The van der Waals surface area contributed by atoms with Crippen LogP contribution in [0.3, 0.4) is 0 Å². The summed E-state index contributed by atoms with van der Waals surface area (Å²) in [4.78, 5) is 33.4. The van der Waals surface area contributed by atoms with E-state index in [9.17, 15) is 14.4 Å². The Bertz CT molecular complexity index is 523. The lowest BCUT2D eigenvalue weighted by Gasteiger charge is -2.08. The van der Waals surface area contributed by atoms with E-state index < -0.39 is 23.8 Å². The maximum Gasteiger partial charge on any atom is 0.339 e. The number of hydrogen-bond acceptors (Lipinski definition) is 4. The van der Waals surface area contributed by atoms with Crippen LogP contribution in [0.15, 0.2) is 24.3 Å². The molecule has 114 valence electrons. The van der Waals surface area contributed by atoms with Crippen LogP contribution < -0.4 is 0 Å². The molecular formula is C15H18O6. The maximum atomic E-state index is 11.8. The third kappa shape index (κ3) is 5.25. The van der Waals surface area contributed by atoms with E-state index in [1.807, 2.05) is 0 Å². The van der Waals surface area contributed by atoms with Crippen LogP contribution in [-0.2, 0) is 9.53 Å². The van der Waals surface area contributed by atoms with Gasteiger partial charge in [0.15, 0.2) is 0 Å². The highest BCUT2D eigenvalue weighted by Gasteiger charge is 2.16. The van der Waals surface area contributed by atoms with Crippen molar-refractivity contribution < 1.29 is 29.3 Å². The van der Waals surface area contributed by atoms with Crippen LogP contribution in [0.25, 0.3) is 0 Å². The fourth-order valence-electron chi connectivity index (χ4n) is 1.77. The van der Waals surface area contributed by atoms with E-state index in [-0.39, 0.29) is 17.7 Å². The molecule has 0 saturated carbocycles. The Balaban J connectivity index is 2.41. The van der Waals surface area contributed by atoms with Crippen molar-refractivity contribution in [3.8, 4) is 0 Å². The molecule has 0 saturated heterocycles. The number of ether oxygens (including phenoxy) is 1. The minimum Gasteiger partial charge on any atom is -0.481 e. The Kier molecular flexibility index (Phi) is 6.39. The van der Waals surface area contributed by atoms with Gasteiger partial charge in [0.25, 0.3) is 0 Å². The SMILES string of the molecule is CC(CCCCOC(=O)c1ccccc1C(=O)O)C(=O)O. The molecule has 0 amide bonds. The van der Waals surface area contributed by atoms with Gasteiger partial charge in [0, 0.05) is 0 Å². The van der Waals surface area contributed by atoms with Gasteiger partial charge in [0.1, 0.15) is 0 Å². The molecule has 0 aliphatic rings. The van der Waals surface area contributed by atoms with Gasteiger partial charge in [-0.05, 0) is 31.4 Å². The number of carbonyl (C=O) groups is 3. The Hall–Kier alpha value is -2.37. The van der Waals surface area contributed by atoms with Crippen LogP contribution in [0, 0.1) is 5.92 Å². The van der Waals surface area contributed by atoms with Crippen molar-refractivity contribution >= 4 is 17.9 Å². The number of carboxylic acids is 2. The number of hydrogen-bond donors (Lipinski definition) is 2. The second kappa shape index (κ2) is 8.04. The van der Waals surface area contributed by atoms with E-state index in [1.165, 1.54) is 18.2 Å². The summed E-state index contributed by atoms with van der Waals surface area (Å²) in [7, 11) is 0. The highest BCUT2D eigenvalue weighted by molar-refractivity contribution is 6.02. The Labute approximate surface area is 122 Å². The molecule has 0 spiro atoms. The van der Waals surface area contributed by atoms with Crippen molar-refractivity contribution in [2.45, 2.75) is 26.2 Å². The molecule has 2 N–H and O–H groups in total. The molecule has 6 heteroatoms. The number of benzene rings is 1. The first-order valence-electron chi connectivity index (χ1n) is 6.65. The van der Waals surface area contributed by atoms with Crippen molar-refractivity contribution in [3.05, 3.63) is 35.4 Å². The molecule has 0 aliphatic heterocycles. The lowest BCUT2D eigenvalue weighted by molar-refractivity contribution is -0.141. The average molecular weight is 294 g/mol. The average Bonchev–Trinajstić information content (AvgIpc) is 2.46. The van der Waals surface area contributed by atoms with Crippen LogP contribution in [0.1, 0.15) is 46.9 Å². The van der Waals surface area contributed by atoms with Gasteiger partial charge in [-0.15, -0.1) is 0 Å². The van der Waals surface area contributed by atoms with Crippen LogP contribution in [-0.4, -0.2) is 34.7 Å². The summed E-state index contributed by atoms with van der Waals surface area (Å²) >= 11 is 0. The third-order valence-electron chi connectivity index (χ3n) is 3.06. The van der Waals surface area contributed by atoms with Crippen LogP contribution in [0.5, 0.6) is 0 Å². The number of carboxylic acid groups (broad SMARTS) is 2. The van der Waals surface area contributed by atoms with E-state index in [0.29, 0.717) is 19.3 Å². The maximum absolute atomic E-state index is 11.8. The predicted molar refractivity (Wildman–Crippen MR) is 74.3 cm³/mol. The Morgan fingerprint density at radius 3 is 2.29 bits per heavy atom. The highest BCUT2D eigenvalue weighted by Crippen LogP contribution is 2.12. The first-order chi connectivity index (χ1) is 9.93. The zero-order valence-corrected chi connectivity index (χ0v) is 11.7. The van der Waals surface area contributed by atoms with Gasteiger partial charge in [0.2, 0.25) is 0 Å². The van der Waals surface area contributed by atoms with Gasteiger partial charge in [-0.2, -0.15) is 0 Å². The summed E-state index contributed by atoms with van der Waals surface area (Å²) in [5.74, 6) is -3.13. The minimum atomic E-state index is -1.18. The molecule has 0 radical (unpaired) electrons. The van der Waals surface area contributed by atoms with Gasteiger partial charge >= 0.3 is 17.9 Å². The monoisotopic (exact) mass is 294 g/mol. The molecule has 1 unspecified atom stereocenters. The molecule has 6 nitrogen and oxygen atoms in total. The fraction of sp³-hybridized carbons (Fsp3) is 0.400. The summed E-state index contributed by atoms with van der Waals surface area (Å²) < 4.78 is 5.01. The summed E-state index contributed by atoms with van der Waals surface area (Å²) in [6, 6.07) is 5.84. The highest BCUT2D eigenvalue weighted by atomic mass is 16.5. The Morgan fingerprint density at radius 2 is 1.71 bits per heavy atom. The molecule has 1 aromatic carbocycles. The van der Waals surface area contributed by atoms with Crippen molar-refractivity contribution in [2.24, 2.45) is 5.92 Å². The third-order valence-corrected chi connectivity index (χ3v) is 3.06. The molecule has 21 heavy (non-hydrogen) atoms. The lowest BCUT2D eigenvalue weighted by atomic mass is 10.1. The lowest BCUT2D eigenvalue weighted by Crippen LogP contribution is -2.13. The van der Waals surface area contributed by atoms with Crippen molar-refractivity contribution in [1.82, 2.24) is 0 Å². The second-order valence-electron chi connectivity index (χ2n) is 4.72. The molecular weight excluding hydrogens is 276 g/mol. The minimum absolute atomic E-state index is 0.0175. The van der Waals surface area contributed by atoms with Gasteiger partial charge in [-0.1, -0.05) is 19.1 Å². The number of esters is 1. The predicted octanol–water partition coefficient (Wildman–Crippen LogP) is 2.43. The topological polar surface area (TPSA) is 101 Å². The Morgan fingerprint density at radius 1 is 1.10 bits per heavy atom. The smallest absolute Gasteiger partial charge is 0.339 e. The van der Waals surface area contributed by atoms with Crippen LogP contribution in [0.2, 0.25) is 0 Å². The number of aliphatic carboxylic acids is 1. The van der Waals surface area contributed by atoms with Crippen LogP contribution in [0.4, 0.5) is 0 Å². The number of carbonyl (C=O) groups excluding carboxylic acids is 1. The van der Waals surface area contributed by atoms with E-state index in [0.717, 1.165) is 0 Å². The van der Waals surface area contributed by atoms with Gasteiger partial charge < -0.3 is 14.9 Å². The van der Waals surface area contributed by atoms with Crippen molar-refractivity contribution in [2.75, 3.05) is 6.61 Å². The second-order valence-corrected chi connectivity index (χ2v) is 4.72. The van der Waals surface area contributed by atoms with Gasteiger partial charge in [0.05, 0.1) is 23.7 Å². The van der Waals surface area contributed by atoms with Crippen molar-refractivity contribution in [1.29, 1.82) is 0 Å². The molecule has 0 aromatic heterocycles. The largest absolute Gasteiger partial charge is 0.481 e. The zero-order valence-electron chi connectivity index (χ0n) is 11.7. The number of aromatic carboxylic acids is 1. The molecule has 1 aromatic rings. The number of unbranched alkanes of at least 4 members (excludes halogenated alkanes) is 1. The zero-order chi connectivity index (χ0) is 15.8. The molecule has 1 rings (SSSR count). The van der Waals surface area contributed by atoms with Crippen molar-refractivity contribution in [3.63, 3.8) is 0 Å². The van der Waals surface area contributed by atoms with E-state index >= 15 is 0 Å². The fourth-order valence-corrected chi connectivity index (χ4v) is 1.77. The van der Waals surface area contributed by atoms with Gasteiger partial charge in [-0.3, -0.25) is 4.79 Å². The molecule has 0 aliphatic carbocycles.